The Morgan fingerprint density at radius 3 is 2.61 bits per heavy atom. The van der Waals surface area contributed by atoms with Gasteiger partial charge in [0.1, 0.15) is 11.4 Å². The third kappa shape index (κ3) is 4.63. The highest BCUT2D eigenvalue weighted by atomic mass is 32.1. The highest BCUT2D eigenvalue weighted by Crippen LogP contribution is 2.44. The Bertz CT molecular complexity index is 1080. The maximum atomic E-state index is 13.5. The first kappa shape index (κ1) is 21.5. The molecule has 1 fully saturated rings. The minimum Gasteiger partial charge on any atom is -0.356 e. The zero-order valence-electron chi connectivity index (χ0n) is 18.2. The number of carbonyl (C=O) groups excluding carboxylic acids is 2. The van der Waals surface area contributed by atoms with Crippen LogP contribution in [0.1, 0.15) is 65.1 Å². The van der Waals surface area contributed by atoms with E-state index in [1.165, 1.54) is 10.9 Å². The molecule has 1 saturated carbocycles. The second kappa shape index (κ2) is 9.18. The standard InChI is InChI=1S/C23H28N4O3S/c1-14-19(26-30-25-14)13-27(3)23(29)22-21(18-6-4-5-7-20(18)31-22)17-10-8-16(9-11-17)12-24-15(2)28/h4-7,16-17H,8-13H2,1-3H3,(H,24,28). The number of fused-ring (bicyclic) bond motifs is 1. The maximum Gasteiger partial charge on any atom is 0.264 e. The lowest BCUT2D eigenvalue weighted by Crippen LogP contribution is -2.30. The van der Waals surface area contributed by atoms with Crippen molar-refractivity contribution < 1.29 is 14.2 Å². The highest BCUT2D eigenvalue weighted by molar-refractivity contribution is 7.21. The topological polar surface area (TPSA) is 88.3 Å². The Morgan fingerprint density at radius 2 is 1.94 bits per heavy atom. The van der Waals surface area contributed by atoms with Crippen molar-refractivity contribution in [2.24, 2.45) is 5.92 Å². The molecule has 2 heterocycles. The van der Waals surface area contributed by atoms with Gasteiger partial charge in [0.05, 0.1) is 11.4 Å². The summed E-state index contributed by atoms with van der Waals surface area (Å²) in [6, 6.07) is 8.29. The van der Waals surface area contributed by atoms with Crippen LogP contribution in [-0.2, 0) is 11.3 Å². The summed E-state index contributed by atoms with van der Waals surface area (Å²) in [5, 5.41) is 11.9. The lowest BCUT2D eigenvalue weighted by Gasteiger charge is -2.29. The van der Waals surface area contributed by atoms with Gasteiger partial charge in [0.15, 0.2) is 0 Å². The number of hydrogen-bond acceptors (Lipinski definition) is 6. The summed E-state index contributed by atoms with van der Waals surface area (Å²) in [5.74, 6) is 0.903. The van der Waals surface area contributed by atoms with Gasteiger partial charge in [-0.1, -0.05) is 28.5 Å². The lowest BCUT2D eigenvalue weighted by molar-refractivity contribution is -0.119. The molecular formula is C23H28N4O3S. The van der Waals surface area contributed by atoms with Crippen LogP contribution >= 0.6 is 11.3 Å². The Balaban J connectivity index is 1.57. The van der Waals surface area contributed by atoms with Crippen LogP contribution in [-0.4, -0.2) is 40.6 Å². The first-order valence-electron chi connectivity index (χ1n) is 10.7. The van der Waals surface area contributed by atoms with Crippen LogP contribution in [0.5, 0.6) is 0 Å². The van der Waals surface area contributed by atoms with Gasteiger partial charge in [0, 0.05) is 25.2 Å². The summed E-state index contributed by atoms with van der Waals surface area (Å²) < 4.78 is 5.93. The highest BCUT2D eigenvalue weighted by Gasteiger charge is 2.30. The summed E-state index contributed by atoms with van der Waals surface area (Å²) >= 11 is 1.58. The van der Waals surface area contributed by atoms with Crippen molar-refractivity contribution in [3.8, 4) is 0 Å². The summed E-state index contributed by atoms with van der Waals surface area (Å²) in [6.07, 6.45) is 4.17. The number of rotatable bonds is 6. The van der Waals surface area contributed by atoms with E-state index in [4.69, 9.17) is 4.63 Å². The molecule has 0 bridgehead atoms. The zero-order valence-corrected chi connectivity index (χ0v) is 19.0. The van der Waals surface area contributed by atoms with Crippen LogP contribution < -0.4 is 5.32 Å². The van der Waals surface area contributed by atoms with Crippen LogP contribution in [0.4, 0.5) is 0 Å². The molecule has 0 atom stereocenters. The monoisotopic (exact) mass is 440 g/mol. The van der Waals surface area contributed by atoms with E-state index >= 15 is 0 Å². The summed E-state index contributed by atoms with van der Waals surface area (Å²) in [5.41, 5.74) is 2.57. The number of nitrogens with zero attached hydrogens (tertiary/aromatic N) is 3. The molecule has 0 spiro atoms. The zero-order chi connectivity index (χ0) is 22.0. The molecular weight excluding hydrogens is 412 g/mol. The predicted molar refractivity (Wildman–Crippen MR) is 120 cm³/mol. The molecule has 0 unspecified atom stereocenters. The summed E-state index contributed by atoms with van der Waals surface area (Å²) in [6.45, 7) is 4.50. The molecule has 31 heavy (non-hydrogen) atoms. The Hall–Kier alpha value is -2.74. The molecule has 1 aliphatic rings. The van der Waals surface area contributed by atoms with Gasteiger partial charge in [0.25, 0.3) is 5.91 Å². The molecule has 0 aliphatic heterocycles. The average Bonchev–Trinajstić information content (AvgIpc) is 3.35. The van der Waals surface area contributed by atoms with E-state index in [-0.39, 0.29) is 11.8 Å². The van der Waals surface area contributed by atoms with Gasteiger partial charge in [-0.05, 0) is 61.5 Å². The van der Waals surface area contributed by atoms with E-state index in [0.717, 1.165) is 41.8 Å². The van der Waals surface area contributed by atoms with Crippen LogP contribution in [0.25, 0.3) is 10.1 Å². The van der Waals surface area contributed by atoms with Crippen molar-refractivity contribution in [3.63, 3.8) is 0 Å². The smallest absolute Gasteiger partial charge is 0.264 e. The van der Waals surface area contributed by atoms with Crippen LogP contribution in [0.15, 0.2) is 28.9 Å². The first-order chi connectivity index (χ1) is 14.9. The van der Waals surface area contributed by atoms with Gasteiger partial charge in [0.2, 0.25) is 5.91 Å². The normalized spacial score (nSPS) is 18.8. The molecule has 164 valence electrons. The number of thiophene rings is 1. The molecule has 3 aromatic rings. The predicted octanol–water partition coefficient (Wildman–Crippen LogP) is 4.27. The van der Waals surface area contributed by atoms with Crippen LogP contribution in [0.2, 0.25) is 0 Å². The number of benzene rings is 1. The molecule has 8 heteroatoms. The summed E-state index contributed by atoms with van der Waals surface area (Å²) in [7, 11) is 1.80. The van der Waals surface area contributed by atoms with Gasteiger partial charge in [-0.2, -0.15) is 0 Å². The van der Waals surface area contributed by atoms with Crippen molar-refractivity contribution in [2.75, 3.05) is 13.6 Å². The Labute approximate surface area is 185 Å². The molecule has 1 aromatic carbocycles. The number of carbonyl (C=O) groups is 2. The lowest BCUT2D eigenvalue weighted by atomic mass is 9.77. The largest absolute Gasteiger partial charge is 0.356 e. The molecule has 0 radical (unpaired) electrons. The number of amides is 2. The second-order valence-electron chi connectivity index (χ2n) is 8.45. The number of aromatic nitrogens is 2. The SMILES string of the molecule is CC(=O)NCC1CCC(c2c(C(=O)N(C)Cc3nonc3C)sc3ccccc23)CC1. The van der Waals surface area contributed by atoms with Gasteiger partial charge in [-0.15, -0.1) is 11.3 Å². The van der Waals surface area contributed by atoms with E-state index in [1.807, 2.05) is 19.1 Å². The van der Waals surface area contributed by atoms with Crippen molar-refractivity contribution in [3.05, 3.63) is 46.1 Å². The van der Waals surface area contributed by atoms with Gasteiger partial charge in [-0.25, -0.2) is 4.63 Å². The number of aryl methyl sites for hydroxylation is 1. The van der Waals surface area contributed by atoms with Crippen molar-refractivity contribution in [1.29, 1.82) is 0 Å². The molecule has 4 rings (SSSR count). The fraction of sp³-hybridized carbons (Fsp3) is 0.478. The van der Waals surface area contributed by atoms with E-state index in [2.05, 4.69) is 27.8 Å². The van der Waals surface area contributed by atoms with Crippen molar-refractivity contribution in [2.45, 2.75) is 52.0 Å². The number of nitrogens with one attached hydrogen (secondary N) is 1. The molecule has 1 aliphatic carbocycles. The van der Waals surface area contributed by atoms with Crippen LogP contribution in [0, 0.1) is 12.8 Å². The third-order valence-electron chi connectivity index (χ3n) is 6.20. The molecule has 2 aromatic heterocycles. The fourth-order valence-electron chi connectivity index (χ4n) is 4.44. The quantitative estimate of drug-likeness (QED) is 0.618. The molecule has 1 N–H and O–H groups in total. The van der Waals surface area contributed by atoms with E-state index in [0.29, 0.717) is 29.8 Å². The fourth-order valence-corrected chi connectivity index (χ4v) is 5.72. The summed E-state index contributed by atoms with van der Waals surface area (Å²) in [4.78, 5) is 27.2. The molecule has 7 nitrogen and oxygen atoms in total. The van der Waals surface area contributed by atoms with Crippen molar-refractivity contribution >= 4 is 33.2 Å². The Kier molecular flexibility index (Phi) is 6.36. The second-order valence-corrected chi connectivity index (χ2v) is 9.51. The van der Waals surface area contributed by atoms with Gasteiger partial charge >= 0.3 is 0 Å². The average molecular weight is 441 g/mol. The molecule has 0 saturated heterocycles. The maximum absolute atomic E-state index is 13.5. The minimum atomic E-state index is 0.0129. The van der Waals surface area contributed by atoms with Crippen molar-refractivity contribution in [1.82, 2.24) is 20.5 Å². The third-order valence-corrected chi connectivity index (χ3v) is 7.38. The van der Waals surface area contributed by atoms with E-state index in [1.54, 1.807) is 30.2 Å². The Morgan fingerprint density at radius 1 is 1.19 bits per heavy atom. The van der Waals surface area contributed by atoms with Gasteiger partial charge in [-0.3, -0.25) is 9.59 Å². The van der Waals surface area contributed by atoms with Crippen LogP contribution in [0.3, 0.4) is 0 Å². The van der Waals surface area contributed by atoms with E-state index < -0.39 is 0 Å². The first-order valence-corrected chi connectivity index (χ1v) is 11.5. The molecule has 2 amide bonds. The van der Waals surface area contributed by atoms with E-state index in [9.17, 15) is 9.59 Å². The van der Waals surface area contributed by atoms with Gasteiger partial charge < -0.3 is 10.2 Å². The number of hydrogen-bond donors (Lipinski definition) is 1. The minimum absolute atomic E-state index is 0.0129.